The van der Waals surface area contributed by atoms with E-state index in [1.54, 1.807) is 0 Å². The maximum absolute atomic E-state index is 13.9. The molecule has 0 fully saturated rings. The van der Waals surface area contributed by atoms with Crippen molar-refractivity contribution in [3.63, 3.8) is 0 Å². The summed E-state index contributed by atoms with van der Waals surface area (Å²) in [5.41, 5.74) is -6.26. The number of nitrogens with zero attached hydrogens (tertiary/aromatic N) is 1. The second-order valence-electron chi connectivity index (χ2n) is 8.82. The molecule has 0 aliphatic rings. The normalized spacial score (nSPS) is 12.8. The number of alkyl halides is 6. The summed E-state index contributed by atoms with van der Waals surface area (Å²) in [5.74, 6) is -1.90. The van der Waals surface area contributed by atoms with Crippen LogP contribution in [0.3, 0.4) is 0 Å². The molecule has 1 aromatic heterocycles. The summed E-state index contributed by atoms with van der Waals surface area (Å²) in [5, 5.41) is 13.8. The summed E-state index contributed by atoms with van der Waals surface area (Å²) in [6.45, 7) is 0.0160. The van der Waals surface area contributed by atoms with Gasteiger partial charge in [0.05, 0.1) is 4.90 Å². The highest BCUT2D eigenvalue weighted by Crippen LogP contribution is 2.54. The van der Waals surface area contributed by atoms with E-state index in [4.69, 9.17) is 0 Å². The lowest BCUT2D eigenvalue weighted by Crippen LogP contribution is -2.55. The van der Waals surface area contributed by atoms with Crippen LogP contribution in [0.25, 0.3) is 10.8 Å². The molecule has 2 amide bonds. The van der Waals surface area contributed by atoms with Crippen molar-refractivity contribution in [3.8, 4) is 0 Å². The number of carbonyl (C=O) groups excluding carboxylic acids is 2. The number of hydrogen-bond donors (Lipinski definition) is 3. The van der Waals surface area contributed by atoms with Crippen molar-refractivity contribution in [1.29, 1.82) is 0 Å². The molecule has 0 aliphatic carbocycles. The average molecular weight is 594 g/mol. The number of aromatic nitrogens is 1. The van der Waals surface area contributed by atoms with Gasteiger partial charge in [-0.2, -0.15) is 26.3 Å². The SMILES string of the molecule is CC(=O)NCCC(c1ccc(NC(=O)c2c3ccc(S(C)(=O)=O)cc3cn2C(=O)O)cc1)(C(F)(F)F)C(F)(F)F. The summed E-state index contributed by atoms with van der Waals surface area (Å²) in [6, 6.07) is 6.11. The topological polar surface area (TPSA) is 135 Å². The van der Waals surface area contributed by atoms with Crippen molar-refractivity contribution >= 4 is 44.2 Å². The van der Waals surface area contributed by atoms with Gasteiger partial charge in [-0.1, -0.05) is 18.2 Å². The summed E-state index contributed by atoms with van der Waals surface area (Å²) in [4.78, 5) is 35.6. The molecule has 2 aromatic carbocycles. The van der Waals surface area contributed by atoms with Crippen LogP contribution in [0, 0.1) is 0 Å². The van der Waals surface area contributed by atoms with Crippen LogP contribution in [-0.4, -0.2) is 61.2 Å². The lowest BCUT2D eigenvalue weighted by Gasteiger charge is -2.38. The number of benzene rings is 2. The average Bonchev–Trinajstić information content (AvgIpc) is 3.19. The Morgan fingerprint density at radius 1 is 0.950 bits per heavy atom. The number of rotatable bonds is 7. The summed E-state index contributed by atoms with van der Waals surface area (Å²) in [7, 11) is -3.67. The molecule has 0 aliphatic heterocycles. The van der Waals surface area contributed by atoms with Gasteiger partial charge in [0, 0.05) is 42.4 Å². The zero-order chi connectivity index (χ0) is 30.3. The molecule has 16 heteroatoms. The van der Waals surface area contributed by atoms with Gasteiger partial charge in [-0.25, -0.2) is 17.8 Å². The van der Waals surface area contributed by atoms with Gasteiger partial charge in [-0.05, 0) is 36.2 Å². The number of halogens is 6. The van der Waals surface area contributed by atoms with E-state index >= 15 is 0 Å². The maximum atomic E-state index is 13.9. The Bertz CT molecular complexity index is 1560. The molecule has 0 unspecified atom stereocenters. The van der Waals surface area contributed by atoms with Gasteiger partial charge >= 0.3 is 18.4 Å². The van der Waals surface area contributed by atoms with Gasteiger partial charge in [0.25, 0.3) is 5.91 Å². The van der Waals surface area contributed by atoms with Crippen LogP contribution in [0.2, 0.25) is 0 Å². The standard InChI is InChI=1S/C24H21F6N3O6S/c1-13(34)31-10-9-22(23(25,26)27,24(28,29)30)15-3-5-16(6-4-15)32-20(35)19-18-8-7-17(40(2,38)39)11-14(18)12-33(19)21(36)37/h3-8,11-12H,9-10H2,1-2H3,(H,31,34)(H,32,35)(H,36,37). The number of fused-ring (bicyclic) bond motifs is 1. The van der Waals surface area contributed by atoms with E-state index in [1.165, 1.54) is 6.07 Å². The van der Waals surface area contributed by atoms with Crippen molar-refractivity contribution in [2.75, 3.05) is 18.1 Å². The number of anilines is 1. The first-order chi connectivity index (χ1) is 18.3. The van der Waals surface area contributed by atoms with Crippen LogP contribution in [0.1, 0.15) is 29.4 Å². The van der Waals surface area contributed by atoms with Crippen molar-refractivity contribution in [1.82, 2.24) is 9.88 Å². The molecule has 3 rings (SSSR count). The molecule has 1 heterocycles. The third-order valence-electron chi connectivity index (χ3n) is 6.11. The van der Waals surface area contributed by atoms with Crippen molar-refractivity contribution in [2.24, 2.45) is 0 Å². The highest BCUT2D eigenvalue weighted by Gasteiger charge is 2.70. The molecule has 0 atom stereocenters. The summed E-state index contributed by atoms with van der Waals surface area (Å²) >= 11 is 0. The minimum atomic E-state index is -5.81. The fraction of sp³-hybridized carbons (Fsp3) is 0.292. The second-order valence-corrected chi connectivity index (χ2v) is 10.8. The van der Waals surface area contributed by atoms with Gasteiger partial charge in [0.2, 0.25) is 5.91 Å². The van der Waals surface area contributed by atoms with Crippen LogP contribution in [-0.2, 0) is 20.0 Å². The van der Waals surface area contributed by atoms with E-state index in [0.717, 1.165) is 43.6 Å². The largest absolute Gasteiger partial charge is 0.464 e. The minimum Gasteiger partial charge on any atom is -0.464 e. The Kier molecular flexibility index (Phi) is 7.98. The molecule has 0 bridgehead atoms. The predicted octanol–water partition coefficient (Wildman–Crippen LogP) is 4.71. The van der Waals surface area contributed by atoms with Crippen LogP contribution in [0.5, 0.6) is 0 Å². The fourth-order valence-electron chi connectivity index (χ4n) is 4.18. The van der Waals surface area contributed by atoms with E-state index in [1.807, 2.05) is 5.32 Å². The van der Waals surface area contributed by atoms with E-state index in [9.17, 15) is 54.3 Å². The fourth-order valence-corrected chi connectivity index (χ4v) is 4.84. The molecule has 216 valence electrons. The van der Waals surface area contributed by atoms with Crippen LogP contribution < -0.4 is 10.6 Å². The van der Waals surface area contributed by atoms with Crippen molar-refractivity contribution in [3.05, 3.63) is 59.9 Å². The molecule has 3 aromatic rings. The molecular formula is C24H21F6N3O6S. The first kappa shape index (κ1) is 30.5. The van der Waals surface area contributed by atoms with E-state index in [-0.39, 0.29) is 21.4 Å². The highest BCUT2D eigenvalue weighted by molar-refractivity contribution is 7.90. The van der Waals surface area contributed by atoms with E-state index < -0.39 is 69.7 Å². The molecule has 0 spiro atoms. The molecule has 0 saturated carbocycles. The Morgan fingerprint density at radius 3 is 2.00 bits per heavy atom. The van der Waals surface area contributed by atoms with Gasteiger partial charge < -0.3 is 15.7 Å². The van der Waals surface area contributed by atoms with Crippen molar-refractivity contribution in [2.45, 2.75) is 36.0 Å². The van der Waals surface area contributed by atoms with E-state index in [2.05, 4.69) is 5.32 Å². The number of sulfone groups is 1. The first-order valence-electron chi connectivity index (χ1n) is 11.2. The molecule has 9 nitrogen and oxygen atoms in total. The zero-order valence-corrected chi connectivity index (χ0v) is 21.5. The summed E-state index contributed by atoms with van der Waals surface area (Å²) < 4.78 is 108. The lowest BCUT2D eigenvalue weighted by atomic mass is 9.75. The summed E-state index contributed by atoms with van der Waals surface area (Å²) in [6.07, 6.45) is -12.9. The van der Waals surface area contributed by atoms with Gasteiger partial charge in [-0.15, -0.1) is 0 Å². The third-order valence-corrected chi connectivity index (χ3v) is 7.22. The Hall–Kier alpha value is -4.08. The monoisotopic (exact) mass is 593 g/mol. The third kappa shape index (κ3) is 5.76. The Balaban J connectivity index is 2.01. The van der Waals surface area contributed by atoms with Gasteiger partial charge in [-0.3, -0.25) is 9.59 Å². The smallest absolute Gasteiger partial charge is 0.416 e. The number of carbonyl (C=O) groups is 3. The maximum Gasteiger partial charge on any atom is 0.416 e. The molecule has 0 radical (unpaired) electrons. The Labute approximate surface area is 222 Å². The van der Waals surface area contributed by atoms with Crippen LogP contribution in [0.15, 0.2) is 53.6 Å². The van der Waals surface area contributed by atoms with Crippen LogP contribution >= 0.6 is 0 Å². The number of amides is 2. The Morgan fingerprint density at radius 2 is 1.52 bits per heavy atom. The quantitative estimate of drug-likeness (QED) is 0.340. The number of hydrogen-bond acceptors (Lipinski definition) is 5. The molecular weight excluding hydrogens is 572 g/mol. The minimum absolute atomic E-state index is 0.0232. The van der Waals surface area contributed by atoms with E-state index in [0.29, 0.717) is 16.7 Å². The lowest BCUT2D eigenvalue weighted by molar-refractivity contribution is -0.305. The van der Waals surface area contributed by atoms with Gasteiger partial charge in [0.1, 0.15) is 5.69 Å². The predicted molar refractivity (Wildman–Crippen MR) is 130 cm³/mol. The number of carboxylic acid groups (broad SMARTS) is 1. The van der Waals surface area contributed by atoms with Gasteiger partial charge in [0.15, 0.2) is 15.3 Å². The zero-order valence-electron chi connectivity index (χ0n) is 20.6. The first-order valence-corrected chi connectivity index (χ1v) is 13.1. The second kappa shape index (κ2) is 10.5. The highest BCUT2D eigenvalue weighted by atomic mass is 32.2. The van der Waals surface area contributed by atoms with Crippen LogP contribution in [0.4, 0.5) is 36.8 Å². The molecule has 0 saturated heterocycles. The van der Waals surface area contributed by atoms with Crippen molar-refractivity contribution < 1.29 is 54.3 Å². The molecule has 40 heavy (non-hydrogen) atoms. The molecule has 3 N–H and O–H groups in total. The number of nitrogens with one attached hydrogen (secondary N) is 2.